The summed E-state index contributed by atoms with van der Waals surface area (Å²) in [6, 6.07) is 7.66. The van der Waals surface area contributed by atoms with Crippen molar-refractivity contribution < 1.29 is 5.11 Å². The van der Waals surface area contributed by atoms with Gasteiger partial charge in [0.05, 0.1) is 5.69 Å². The van der Waals surface area contributed by atoms with Gasteiger partial charge in [0.2, 0.25) is 5.43 Å². The molecule has 0 aliphatic rings. The van der Waals surface area contributed by atoms with E-state index in [-0.39, 0.29) is 5.75 Å². The molecule has 2 rings (SSSR count). The van der Waals surface area contributed by atoms with Crippen LogP contribution in [0.2, 0.25) is 0 Å². The molecule has 0 saturated carbocycles. The fourth-order valence-corrected chi connectivity index (χ4v) is 1.19. The lowest BCUT2D eigenvalue weighted by atomic mass is 10.2. The maximum Gasteiger partial charge on any atom is 0.220 e. The van der Waals surface area contributed by atoms with Crippen LogP contribution in [-0.2, 0) is 0 Å². The van der Waals surface area contributed by atoms with Gasteiger partial charge < -0.3 is 5.11 Å². The molecule has 2 aromatic rings. The van der Waals surface area contributed by atoms with Gasteiger partial charge in [0.25, 0.3) is 0 Å². The van der Waals surface area contributed by atoms with E-state index in [0.717, 1.165) is 5.56 Å². The Morgan fingerprint density at radius 3 is 2.60 bits per heavy atom. The van der Waals surface area contributed by atoms with Gasteiger partial charge in [-0.15, -0.1) is 0 Å². The fourth-order valence-electron chi connectivity index (χ4n) is 1.19. The molecule has 0 atom stereocenters. The Morgan fingerprint density at radius 1 is 1.07 bits per heavy atom. The first-order valence-corrected chi connectivity index (χ1v) is 4.37. The summed E-state index contributed by atoms with van der Waals surface area (Å²) in [5.41, 5.74) is 1.06. The van der Waals surface area contributed by atoms with Crippen molar-refractivity contribution in [2.24, 2.45) is 0 Å². The third-order valence-corrected chi connectivity index (χ3v) is 1.97. The molecule has 4 heteroatoms. The van der Waals surface area contributed by atoms with Crippen molar-refractivity contribution in [3.8, 4) is 17.0 Å². The SMILES string of the molecule is O=c1ccc(-c2ccncn2)ccc1O. The molecule has 0 fully saturated rings. The molecule has 0 amide bonds. The summed E-state index contributed by atoms with van der Waals surface area (Å²) in [4.78, 5) is 19.0. The van der Waals surface area contributed by atoms with E-state index in [1.54, 1.807) is 24.4 Å². The van der Waals surface area contributed by atoms with Crippen LogP contribution in [0.15, 0.2) is 47.7 Å². The lowest BCUT2D eigenvalue weighted by Crippen LogP contribution is -1.91. The molecule has 0 aliphatic heterocycles. The van der Waals surface area contributed by atoms with E-state index in [4.69, 9.17) is 0 Å². The average molecular weight is 200 g/mol. The zero-order valence-corrected chi connectivity index (χ0v) is 7.79. The maximum atomic E-state index is 11.1. The molecule has 0 radical (unpaired) electrons. The van der Waals surface area contributed by atoms with Gasteiger partial charge in [-0.1, -0.05) is 0 Å². The molecular formula is C11H8N2O2. The third kappa shape index (κ3) is 1.99. The lowest BCUT2D eigenvalue weighted by Gasteiger charge is -1.94. The highest BCUT2D eigenvalue weighted by atomic mass is 16.3. The molecule has 4 nitrogen and oxygen atoms in total. The largest absolute Gasteiger partial charge is 0.504 e. The summed E-state index contributed by atoms with van der Waals surface area (Å²) < 4.78 is 0. The average Bonchev–Trinajstić information content (AvgIpc) is 2.44. The number of aromatic hydroxyl groups is 1. The quantitative estimate of drug-likeness (QED) is 0.751. The first kappa shape index (κ1) is 9.33. The number of hydrogen-bond acceptors (Lipinski definition) is 4. The first-order valence-electron chi connectivity index (χ1n) is 4.37. The van der Waals surface area contributed by atoms with Crippen molar-refractivity contribution >= 4 is 0 Å². The van der Waals surface area contributed by atoms with Crippen LogP contribution < -0.4 is 5.43 Å². The van der Waals surface area contributed by atoms with Crippen molar-refractivity contribution in [1.82, 2.24) is 9.97 Å². The van der Waals surface area contributed by atoms with Crippen LogP contribution in [-0.4, -0.2) is 15.1 Å². The highest BCUT2D eigenvalue weighted by Gasteiger charge is 1.98. The molecule has 0 spiro atoms. The van der Waals surface area contributed by atoms with Gasteiger partial charge in [0.15, 0.2) is 5.75 Å². The molecule has 1 aromatic heterocycles. The van der Waals surface area contributed by atoms with E-state index < -0.39 is 5.43 Å². The topological polar surface area (TPSA) is 63.1 Å². The summed E-state index contributed by atoms with van der Waals surface area (Å²) in [5.74, 6) is -0.268. The van der Waals surface area contributed by atoms with Crippen LogP contribution in [0.5, 0.6) is 5.75 Å². The minimum absolute atomic E-state index is 0.268. The second-order valence-corrected chi connectivity index (χ2v) is 2.97. The van der Waals surface area contributed by atoms with Crippen LogP contribution in [0.1, 0.15) is 0 Å². The standard InChI is InChI=1S/C11H8N2O2/c14-10-3-1-8(2-4-11(10)15)9-5-6-12-7-13-9/h1-7H,(H,14,15). The molecule has 1 aromatic carbocycles. The van der Waals surface area contributed by atoms with Gasteiger partial charge >= 0.3 is 0 Å². The monoisotopic (exact) mass is 200 g/mol. The Kier molecular flexibility index (Phi) is 2.41. The summed E-state index contributed by atoms with van der Waals surface area (Å²) in [5, 5.41) is 9.21. The maximum absolute atomic E-state index is 11.1. The van der Waals surface area contributed by atoms with Gasteiger partial charge in [-0.05, 0) is 30.3 Å². The van der Waals surface area contributed by atoms with E-state index in [2.05, 4.69) is 9.97 Å². The predicted octanol–water partition coefficient (Wildman–Crippen LogP) is 1.21. The molecule has 1 N–H and O–H groups in total. The molecule has 74 valence electrons. The Labute approximate surface area is 85.9 Å². The predicted molar refractivity (Wildman–Crippen MR) is 55.4 cm³/mol. The van der Waals surface area contributed by atoms with Crippen LogP contribution >= 0.6 is 0 Å². The second-order valence-electron chi connectivity index (χ2n) is 2.97. The van der Waals surface area contributed by atoms with Gasteiger partial charge in [-0.25, -0.2) is 9.97 Å². The zero-order chi connectivity index (χ0) is 10.7. The van der Waals surface area contributed by atoms with Crippen molar-refractivity contribution in [3.05, 3.63) is 53.1 Å². The number of aromatic nitrogens is 2. The van der Waals surface area contributed by atoms with E-state index in [0.29, 0.717) is 5.69 Å². The van der Waals surface area contributed by atoms with Crippen molar-refractivity contribution in [2.45, 2.75) is 0 Å². The van der Waals surface area contributed by atoms with Crippen LogP contribution in [0.4, 0.5) is 0 Å². The van der Waals surface area contributed by atoms with Crippen molar-refractivity contribution in [2.75, 3.05) is 0 Å². The molecule has 0 saturated heterocycles. The fraction of sp³-hybridized carbons (Fsp3) is 0. The number of rotatable bonds is 1. The summed E-state index contributed by atoms with van der Waals surface area (Å²) in [6.45, 7) is 0. The van der Waals surface area contributed by atoms with Crippen LogP contribution in [0.3, 0.4) is 0 Å². The Morgan fingerprint density at radius 2 is 1.87 bits per heavy atom. The van der Waals surface area contributed by atoms with Gasteiger partial charge in [-0.2, -0.15) is 0 Å². The van der Waals surface area contributed by atoms with E-state index >= 15 is 0 Å². The molecule has 1 heterocycles. The first-order chi connectivity index (χ1) is 7.27. The van der Waals surface area contributed by atoms with Gasteiger partial charge in [-0.3, -0.25) is 4.79 Å². The highest BCUT2D eigenvalue weighted by molar-refractivity contribution is 5.58. The minimum atomic E-state index is -0.407. The Bertz CT molecular complexity index is 526. The normalized spacial score (nSPS) is 9.87. The second kappa shape index (κ2) is 3.88. The van der Waals surface area contributed by atoms with Crippen LogP contribution in [0.25, 0.3) is 11.3 Å². The number of hydrogen-bond donors (Lipinski definition) is 1. The van der Waals surface area contributed by atoms with Crippen molar-refractivity contribution in [3.63, 3.8) is 0 Å². The number of nitrogens with zero attached hydrogens (tertiary/aromatic N) is 2. The Hall–Kier alpha value is -2.23. The van der Waals surface area contributed by atoms with E-state index in [1.807, 2.05) is 0 Å². The van der Waals surface area contributed by atoms with Crippen molar-refractivity contribution in [1.29, 1.82) is 0 Å². The third-order valence-electron chi connectivity index (χ3n) is 1.97. The van der Waals surface area contributed by atoms with Gasteiger partial charge in [0.1, 0.15) is 6.33 Å². The highest BCUT2D eigenvalue weighted by Crippen LogP contribution is 2.14. The lowest BCUT2D eigenvalue weighted by molar-refractivity contribution is 0.471. The summed E-state index contributed by atoms with van der Waals surface area (Å²) in [7, 11) is 0. The van der Waals surface area contributed by atoms with E-state index in [1.165, 1.54) is 18.5 Å². The molecule has 0 bridgehead atoms. The van der Waals surface area contributed by atoms with Crippen LogP contribution in [0, 0.1) is 0 Å². The molecule has 0 unspecified atom stereocenters. The minimum Gasteiger partial charge on any atom is -0.504 e. The smallest absolute Gasteiger partial charge is 0.220 e. The zero-order valence-electron chi connectivity index (χ0n) is 7.79. The van der Waals surface area contributed by atoms with Gasteiger partial charge in [0, 0.05) is 11.8 Å². The van der Waals surface area contributed by atoms with E-state index in [9.17, 15) is 9.90 Å². The Balaban J connectivity index is 2.57. The summed E-state index contributed by atoms with van der Waals surface area (Å²) in [6.07, 6.45) is 3.05. The summed E-state index contributed by atoms with van der Waals surface area (Å²) >= 11 is 0. The molecule has 0 aliphatic carbocycles. The molecule has 15 heavy (non-hydrogen) atoms. The molecular weight excluding hydrogens is 192 g/mol.